The highest BCUT2D eigenvalue weighted by molar-refractivity contribution is 5.84. The lowest BCUT2D eigenvalue weighted by atomic mass is 10.0. The van der Waals surface area contributed by atoms with Gasteiger partial charge in [0, 0.05) is 12.2 Å². The van der Waals surface area contributed by atoms with E-state index in [0.717, 1.165) is 12.2 Å². The summed E-state index contributed by atoms with van der Waals surface area (Å²) in [6, 6.07) is 9.66. The molecule has 0 heterocycles. The van der Waals surface area contributed by atoms with Gasteiger partial charge in [0.05, 0.1) is 0 Å². The van der Waals surface area contributed by atoms with Crippen LogP contribution in [0.15, 0.2) is 30.3 Å². The minimum Gasteiger partial charge on any atom is -0.368 e. The highest BCUT2D eigenvalue weighted by Gasteiger charge is 2.25. The molecule has 88 valence electrons. The van der Waals surface area contributed by atoms with Gasteiger partial charge in [0.15, 0.2) is 0 Å². The number of benzene rings is 1. The fraction of sp³-hybridized carbons (Fsp3) is 0.462. The van der Waals surface area contributed by atoms with Crippen LogP contribution >= 0.6 is 0 Å². The maximum atomic E-state index is 11.5. The Morgan fingerprint density at radius 1 is 1.31 bits per heavy atom. The smallest absolute Gasteiger partial charge is 0.240 e. The van der Waals surface area contributed by atoms with Gasteiger partial charge in [-0.1, -0.05) is 32.0 Å². The third-order valence-corrected chi connectivity index (χ3v) is 2.69. The molecule has 0 fully saturated rings. The molecule has 0 bridgehead atoms. The molecule has 0 aliphatic carbocycles. The molecule has 0 aliphatic heterocycles. The fourth-order valence-electron chi connectivity index (χ4n) is 2.00. The number of amides is 1. The molecule has 0 spiro atoms. The van der Waals surface area contributed by atoms with E-state index in [-0.39, 0.29) is 17.9 Å². The third-order valence-electron chi connectivity index (χ3n) is 2.69. The molecular weight excluding hydrogens is 200 g/mol. The summed E-state index contributed by atoms with van der Waals surface area (Å²) in [6.07, 6.45) is 0. The molecule has 1 amide bonds. The SMILES string of the molecule is CCN(c1ccccc1)C(C(N)=O)C(C)C. The largest absolute Gasteiger partial charge is 0.368 e. The van der Waals surface area contributed by atoms with Gasteiger partial charge in [-0.3, -0.25) is 4.79 Å². The number of carbonyl (C=O) groups is 1. The number of likely N-dealkylation sites (N-methyl/N-ethyl adjacent to an activating group) is 1. The molecule has 0 aromatic heterocycles. The number of nitrogens with two attached hydrogens (primary N) is 1. The molecule has 0 aliphatic rings. The average molecular weight is 220 g/mol. The predicted molar refractivity (Wildman–Crippen MR) is 67.3 cm³/mol. The first kappa shape index (κ1) is 12.6. The molecule has 2 N–H and O–H groups in total. The number of carbonyl (C=O) groups excluding carboxylic acids is 1. The van der Waals surface area contributed by atoms with Crippen LogP contribution in [0.2, 0.25) is 0 Å². The summed E-state index contributed by atoms with van der Waals surface area (Å²) in [5.74, 6) is -0.0571. The number of nitrogens with zero attached hydrogens (tertiary/aromatic N) is 1. The topological polar surface area (TPSA) is 46.3 Å². The van der Waals surface area contributed by atoms with Crippen LogP contribution in [0.25, 0.3) is 0 Å². The Labute approximate surface area is 97.2 Å². The van der Waals surface area contributed by atoms with Crippen molar-refractivity contribution in [1.82, 2.24) is 0 Å². The molecule has 1 aromatic rings. The van der Waals surface area contributed by atoms with Gasteiger partial charge in [0.2, 0.25) is 5.91 Å². The Morgan fingerprint density at radius 2 is 1.88 bits per heavy atom. The van der Waals surface area contributed by atoms with Crippen molar-refractivity contribution >= 4 is 11.6 Å². The van der Waals surface area contributed by atoms with Gasteiger partial charge in [0.25, 0.3) is 0 Å². The van der Waals surface area contributed by atoms with Gasteiger partial charge in [-0.15, -0.1) is 0 Å². The average Bonchev–Trinajstić information content (AvgIpc) is 2.25. The van der Waals surface area contributed by atoms with Gasteiger partial charge in [-0.25, -0.2) is 0 Å². The Hall–Kier alpha value is -1.51. The normalized spacial score (nSPS) is 12.5. The van der Waals surface area contributed by atoms with E-state index in [9.17, 15) is 4.79 Å². The van der Waals surface area contributed by atoms with Crippen LogP contribution in [0.5, 0.6) is 0 Å². The molecule has 0 saturated heterocycles. The lowest BCUT2D eigenvalue weighted by Gasteiger charge is -2.33. The number of rotatable bonds is 5. The first-order valence-corrected chi connectivity index (χ1v) is 5.69. The minimum absolute atomic E-state index is 0.206. The van der Waals surface area contributed by atoms with E-state index in [1.165, 1.54) is 0 Å². The second-order valence-corrected chi connectivity index (χ2v) is 4.21. The Balaban J connectivity index is 3.00. The molecule has 0 radical (unpaired) electrons. The van der Waals surface area contributed by atoms with Crippen LogP contribution in [0.3, 0.4) is 0 Å². The molecular formula is C13H20N2O. The molecule has 0 saturated carbocycles. The van der Waals surface area contributed by atoms with Crippen LogP contribution in [0, 0.1) is 5.92 Å². The van der Waals surface area contributed by atoms with Gasteiger partial charge in [-0.2, -0.15) is 0 Å². The second kappa shape index (κ2) is 5.54. The number of para-hydroxylation sites is 1. The summed E-state index contributed by atoms with van der Waals surface area (Å²) in [5, 5.41) is 0. The van der Waals surface area contributed by atoms with Crippen molar-refractivity contribution in [3.63, 3.8) is 0 Å². The quantitative estimate of drug-likeness (QED) is 0.825. The maximum absolute atomic E-state index is 11.5. The van der Waals surface area contributed by atoms with Crippen molar-refractivity contribution in [2.45, 2.75) is 26.8 Å². The first-order chi connectivity index (χ1) is 7.57. The second-order valence-electron chi connectivity index (χ2n) is 4.21. The summed E-state index contributed by atoms with van der Waals surface area (Å²) >= 11 is 0. The molecule has 3 heteroatoms. The zero-order valence-electron chi connectivity index (χ0n) is 10.2. The minimum atomic E-state index is -0.263. The molecule has 1 rings (SSSR count). The van der Waals surface area contributed by atoms with E-state index in [1.807, 2.05) is 56.0 Å². The van der Waals surface area contributed by atoms with E-state index < -0.39 is 0 Å². The highest BCUT2D eigenvalue weighted by atomic mass is 16.1. The van der Waals surface area contributed by atoms with Gasteiger partial charge in [-0.05, 0) is 25.0 Å². The monoisotopic (exact) mass is 220 g/mol. The number of anilines is 1. The molecule has 1 aromatic carbocycles. The first-order valence-electron chi connectivity index (χ1n) is 5.69. The van der Waals surface area contributed by atoms with E-state index in [0.29, 0.717) is 0 Å². The lowest BCUT2D eigenvalue weighted by molar-refractivity contribution is -0.120. The van der Waals surface area contributed by atoms with Crippen LogP contribution in [-0.4, -0.2) is 18.5 Å². The van der Waals surface area contributed by atoms with E-state index >= 15 is 0 Å². The molecule has 3 nitrogen and oxygen atoms in total. The van der Waals surface area contributed by atoms with Crippen LogP contribution in [0.4, 0.5) is 5.69 Å². The van der Waals surface area contributed by atoms with Crippen LogP contribution in [-0.2, 0) is 4.79 Å². The molecule has 1 unspecified atom stereocenters. The summed E-state index contributed by atoms with van der Waals surface area (Å²) in [4.78, 5) is 13.5. The van der Waals surface area contributed by atoms with Crippen molar-refractivity contribution in [3.8, 4) is 0 Å². The van der Waals surface area contributed by atoms with Crippen molar-refractivity contribution in [3.05, 3.63) is 30.3 Å². The molecule has 16 heavy (non-hydrogen) atoms. The van der Waals surface area contributed by atoms with Gasteiger partial charge in [0.1, 0.15) is 6.04 Å². The summed E-state index contributed by atoms with van der Waals surface area (Å²) in [5.41, 5.74) is 6.51. The predicted octanol–water partition coefficient (Wildman–Crippen LogP) is 2.02. The van der Waals surface area contributed by atoms with Crippen molar-refractivity contribution in [2.24, 2.45) is 11.7 Å². The summed E-state index contributed by atoms with van der Waals surface area (Å²) in [6.45, 7) is 6.84. The van der Waals surface area contributed by atoms with Crippen molar-refractivity contribution in [1.29, 1.82) is 0 Å². The zero-order valence-corrected chi connectivity index (χ0v) is 10.2. The van der Waals surface area contributed by atoms with Gasteiger partial charge >= 0.3 is 0 Å². The lowest BCUT2D eigenvalue weighted by Crippen LogP contribution is -2.48. The highest BCUT2D eigenvalue weighted by Crippen LogP contribution is 2.20. The number of hydrogen-bond donors (Lipinski definition) is 1. The molecule has 1 atom stereocenters. The number of hydrogen-bond acceptors (Lipinski definition) is 2. The van der Waals surface area contributed by atoms with E-state index in [1.54, 1.807) is 0 Å². The summed E-state index contributed by atoms with van der Waals surface area (Å²) in [7, 11) is 0. The third kappa shape index (κ3) is 2.75. The maximum Gasteiger partial charge on any atom is 0.240 e. The number of primary amides is 1. The Kier molecular flexibility index (Phi) is 4.35. The van der Waals surface area contributed by atoms with Crippen LogP contribution < -0.4 is 10.6 Å². The standard InChI is InChI=1S/C13H20N2O/c1-4-15(11-8-6-5-7-9-11)12(10(2)3)13(14)16/h5-10,12H,4H2,1-3H3,(H2,14,16). The van der Waals surface area contributed by atoms with Gasteiger partial charge < -0.3 is 10.6 Å². The van der Waals surface area contributed by atoms with E-state index in [2.05, 4.69) is 0 Å². The van der Waals surface area contributed by atoms with Crippen molar-refractivity contribution in [2.75, 3.05) is 11.4 Å². The Morgan fingerprint density at radius 3 is 2.25 bits per heavy atom. The van der Waals surface area contributed by atoms with Crippen LogP contribution in [0.1, 0.15) is 20.8 Å². The summed E-state index contributed by atoms with van der Waals surface area (Å²) < 4.78 is 0. The van der Waals surface area contributed by atoms with Crippen molar-refractivity contribution < 1.29 is 4.79 Å². The van der Waals surface area contributed by atoms with E-state index in [4.69, 9.17) is 5.73 Å². The zero-order chi connectivity index (χ0) is 12.1. The Bertz CT molecular complexity index is 335. The fourth-order valence-corrected chi connectivity index (χ4v) is 2.00.